The van der Waals surface area contributed by atoms with E-state index in [2.05, 4.69) is 24.1 Å². The summed E-state index contributed by atoms with van der Waals surface area (Å²) < 4.78 is 0. The van der Waals surface area contributed by atoms with Gasteiger partial charge in [0.2, 0.25) is 0 Å². The summed E-state index contributed by atoms with van der Waals surface area (Å²) in [5.74, 6) is 0.988. The predicted octanol–water partition coefficient (Wildman–Crippen LogP) is 1.60. The average molecular weight is 253 g/mol. The molecule has 0 aromatic carbocycles. The number of likely N-dealkylation sites (tertiary alicyclic amines) is 1. The Balaban J connectivity index is 1.95. The van der Waals surface area contributed by atoms with Crippen LogP contribution < -0.4 is 5.32 Å². The largest absolute Gasteiger partial charge is 0.391 e. The summed E-state index contributed by atoms with van der Waals surface area (Å²) in [7, 11) is 0. The third kappa shape index (κ3) is 3.37. The zero-order valence-electron chi connectivity index (χ0n) is 11.8. The fraction of sp³-hybridized carbons (Fsp3) is 0.929. The number of aliphatic hydroxyl groups is 1. The average Bonchev–Trinajstić information content (AvgIpc) is 2.94. The molecule has 18 heavy (non-hydrogen) atoms. The third-order valence-corrected chi connectivity index (χ3v) is 4.22. The lowest BCUT2D eigenvalue weighted by molar-refractivity contribution is 0.187. The molecular weight excluding hydrogens is 226 g/mol. The SMILES string of the molecule is CCNC(=NCC1(C)CCCC1)N1CC[C@@H](O)C1. The first-order chi connectivity index (χ1) is 8.63. The highest BCUT2D eigenvalue weighted by Crippen LogP contribution is 2.37. The summed E-state index contributed by atoms with van der Waals surface area (Å²) in [5, 5.41) is 13.0. The Labute approximate surface area is 110 Å². The Bertz CT molecular complexity index is 297. The number of rotatable bonds is 3. The quantitative estimate of drug-likeness (QED) is 0.593. The van der Waals surface area contributed by atoms with Gasteiger partial charge in [-0.1, -0.05) is 19.8 Å². The molecule has 4 heteroatoms. The van der Waals surface area contributed by atoms with E-state index in [1.807, 2.05) is 0 Å². The van der Waals surface area contributed by atoms with Crippen LogP contribution >= 0.6 is 0 Å². The molecule has 2 fully saturated rings. The summed E-state index contributed by atoms with van der Waals surface area (Å²) in [4.78, 5) is 6.99. The topological polar surface area (TPSA) is 47.9 Å². The van der Waals surface area contributed by atoms with E-state index in [-0.39, 0.29) is 6.10 Å². The van der Waals surface area contributed by atoms with Crippen molar-refractivity contribution in [2.45, 2.75) is 52.1 Å². The van der Waals surface area contributed by atoms with Crippen molar-refractivity contribution in [1.82, 2.24) is 10.2 Å². The summed E-state index contributed by atoms with van der Waals surface area (Å²) in [5.41, 5.74) is 0.402. The van der Waals surface area contributed by atoms with Crippen molar-refractivity contribution in [2.24, 2.45) is 10.4 Å². The first-order valence-electron chi connectivity index (χ1n) is 7.34. The van der Waals surface area contributed by atoms with Crippen LogP contribution in [0.2, 0.25) is 0 Å². The van der Waals surface area contributed by atoms with Crippen molar-refractivity contribution in [3.63, 3.8) is 0 Å². The smallest absolute Gasteiger partial charge is 0.194 e. The molecular formula is C14H27N3O. The molecule has 1 heterocycles. The molecule has 0 aromatic rings. The van der Waals surface area contributed by atoms with Crippen LogP contribution in [0.5, 0.6) is 0 Å². The highest BCUT2D eigenvalue weighted by molar-refractivity contribution is 5.80. The maximum atomic E-state index is 9.62. The van der Waals surface area contributed by atoms with Crippen molar-refractivity contribution in [1.29, 1.82) is 0 Å². The summed E-state index contributed by atoms with van der Waals surface area (Å²) >= 11 is 0. The molecule has 0 radical (unpaired) electrons. The van der Waals surface area contributed by atoms with E-state index in [0.717, 1.165) is 38.6 Å². The van der Waals surface area contributed by atoms with Gasteiger partial charge in [0, 0.05) is 26.2 Å². The first kappa shape index (κ1) is 13.7. The lowest BCUT2D eigenvalue weighted by atomic mass is 9.89. The standard InChI is InChI=1S/C14H27N3O/c1-3-15-13(17-9-6-12(18)10-17)16-11-14(2)7-4-5-8-14/h12,18H,3-11H2,1-2H3,(H,15,16)/t12-/m1/s1. The monoisotopic (exact) mass is 253 g/mol. The third-order valence-electron chi connectivity index (χ3n) is 4.22. The molecule has 0 unspecified atom stereocenters. The molecule has 2 N–H and O–H groups in total. The molecule has 0 bridgehead atoms. The highest BCUT2D eigenvalue weighted by atomic mass is 16.3. The van der Waals surface area contributed by atoms with Crippen LogP contribution in [0.3, 0.4) is 0 Å². The van der Waals surface area contributed by atoms with Crippen molar-refractivity contribution in [2.75, 3.05) is 26.2 Å². The van der Waals surface area contributed by atoms with Crippen LogP contribution in [0.1, 0.15) is 46.0 Å². The normalized spacial score (nSPS) is 27.8. The molecule has 2 rings (SSSR count). The molecule has 104 valence electrons. The molecule has 4 nitrogen and oxygen atoms in total. The number of nitrogens with zero attached hydrogens (tertiary/aromatic N) is 2. The van der Waals surface area contributed by atoms with Gasteiger partial charge >= 0.3 is 0 Å². The molecule has 1 aliphatic carbocycles. The van der Waals surface area contributed by atoms with Gasteiger partial charge in [-0.3, -0.25) is 4.99 Å². The number of β-amino-alcohol motifs (C(OH)–C–C–N with tert-alkyl or cyclic N) is 1. The van der Waals surface area contributed by atoms with E-state index < -0.39 is 0 Å². The van der Waals surface area contributed by atoms with Crippen molar-refractivity contribution >= 4 is 5.96 Å². The lowest BCUT2D eigenvalue weighted by Gasteiger charge is -2.25. The summed E-state index contributed by atoms with van der Waals surface area (Å²) in [6, 6.07) is 0. The number of nitrogens with one attached hydrogen (secondary N) is 1. The minimum Gasteiger partial charge on any atom is -0.391 e. The van der Waals surface area contributed by atoms with Gasteiger partial charge in [-0.15, -0.1) is 0 Å². The summed E-state index contributed by atoms with van der Waals surface area (Å²) in [6.45, 7) is 7.90. The zero-order chi connectivity index (χ0) is 13.0. The van der Waals surface area contributed by atoms with Gasteiger partial charge in [-0.2, -0.15) is 0 Å². The molecule has 0 spiro atoms. The fourth-order valence-electron chi connectivity index (χ4n) is 3.01. The van der Waals surface area contributed by atoms with Crippen LogP contribution in [0.4, 0.5) is 0 Å². The van der Waals surface area contributed by atoms with Crippen molar-refractivity contribution in [3.05, 3.63) is 0 Å². The Kier molecular flexibility index (Phi) is 4.49. The molecule has 1 aliphatic heterocycles. The minimum absolute atomic E-state index is 0.184. The van der Waals surface area contributed by atoms with E-state index in [1.165, 1.54) is 25.7 Å². The van der Waals surface area contributed by atoms with Crippen molar-refractivity contribution in [3.8, 4) is 0 Å². The van der Waals surface area contributed by atoms with Crippen LogP contribution in [0, 0.1) is 5.41 Å². The number of hydrogen-bond donors (Lipinski definition) is 2. The number of aliphatic hydroxyl groups excluding tert-OH is 1. The highest BCUT2D eigenvalue weighted by Gasteiger charge is 2.29. The fourth-order valence-corrected chi connectivity index (χ4v) is 3.01. The summed E-state index contributed by atoms with van der Waals surface area (Å²) in [6.07, 6.45) is 5.99. The van der Waals surface area contributed by atoms with Gasteiger partial charge in [0.05, 0.1) is 6.10 Å². The van der Waals surface area contributed by atoms with E-state index in [1.54, 1.807) is 0 Å². The number of aliphatic imine (C=N–C) groups is 1. The molecule has 1 atom stereocenters. The molecule has 0 amide bonds. The predicted molar refractivity (Wildman–Crippen MR) is 74.8 cm³/mol. The first-order valence-corrected chi connectivity index (χ1v) is 7.34. The molecule has 1 saturated heterocycles. The van der Waals surface area contributed by atoms with Crippen LogP contribution in [-0.4, -0.2) is 48.2 Å². The van der Waals surface area contributed by atoms with Crippen LogP contribution in [0.15, 0.2) is 4.99 Å². The Morgan fingerprint density at radius 1 is 1.44 bits per heavy atom. The van der Waals surface area contributed by atoms with Gasteiger partial charge in [0.25, 0.3) is 0 Å². The Hall–Kier alpha value is -0.770. The molecule has 0 aromatic heterocycles. The van der Waals surface area contributed by atoms with Gasteiger partial charge in [-0.25, -0.2) is 0 Å². The number of hydrogen-bond acceptors (Lipinski definition) is 2. The zero-order valence-corrected chi connectivity index (χ0v) is 11.8. The van der Waals surface area contributed by atoms with Crippen LogP contribution in [-0.2, 0) is 0 Å². The van der Waals surface area contributed by atoms with Gasteiger partial charge in [-0.05, 0) is 31.6 Å². The maximum absolute atomic E-state index is 9.62. The second-order valence-electron chi connectivity index (χ2n) is 6.08. The second kappa shape index (κ2) is 5.91. The molecule has 1 saturated carbocycles. The molecule has 2 aliphatic rings. The van der Waals surface area contributed by atoms with E-state index in [9.17, 15) is 5.11 Å². The second-order valence-corrected chi connectivity index (χ2v) is 6.08. The van der Waals surface area contributed by atoms with Crippen molar-refractivity contribution < 1.29 is 5.11 Å². The van der Waals surface area contributed by atoms with Crippen LogP contribution in [0.25, 0.3) is 0 Å². The van der Waals surface area contributed by atoms with E-state index in [0.29, 0.717) is 5.41 Å². The van der Waals surface area contributed by atoms with E-state index in [4.69, 9.17) is 4.99 Å². The maximum Gasteiger partial charge on any atom is 0.194 e. The van der Waals surface area contributed by atoms with Gasteiger partial charge in [0.15, 0.2) is 5.96 Å². The van der Waals surface area contributed by atoms with E-state index >= 15 is 0 Å². The number of guanidine groups is 1. The lowest BCUT2D eigenvalue weighted by Crippen LogP contribution is -2.41. The van der Waals surface area contributed by atoms with Gasteiger partial charge < -0.3 is 15.3 Å². The Morgan fingerprint density at radius 2 is 2.17 bits per heavy atom. The van der Waals surface area contributed by atoms with Gasteiger partial charge in [0.1, 0.15) is 0 Å². The Morgan fingerprint density at radius 3 is 2.72 bits per heavy atom. The minimum atomic E-state index is -0.184.